The zero-order valence-corrected chi connectivity index (χ0v) is 5.46. The summed E-state index contributed by atoms with van der Waals surface area (Å²) in [5.74, 6) is 0. The van der Waals surface area contributed by atoms with Crippen molar-refractivity contribution in [2.45, 2.75) is 6.92 Å². The third-order valence-corrected chi connectivity index (χ3v) is 1.12. The Kier molecular flexibility index (Phi) is 1.63. The van der Waals surface area contributed by atoms with E-state index < -0.39 is 0 Å². The van der Waals surface area contributed by atoms with E-state index >= 15 is 0 Å². The second-order valence-electron chi connectivity index (χ2n) is 1.91. The van der Waals surface area contributed by atoms with E-state index in [0.717, 1.165) is 11.4 Å². The van der Waals surface area contributed by atoms with Crippen LogP contribution in [0.5, 0.6) is 0 Å². The second-order valence-corrected chi connectivity index (χ2v) is 1.91. The van der Waals surface area contributed by atoms with E-state index in [1.54, 1.807) is 6.08 Å². The van der Waals surface area contributed by atoms with Crippen LogP contribution >= 0.6 is 0 Å². The van der Waals surface area contributed by atoms with Crippen LogP contribution < -0.4 is 0 Å². The molecule has 0 saturated carbocycles. The Hall–Kier alpha value is -1.11. The average Bonchev–Trinajstić information content (AvgIpc) is 1.88. The topological polar surface area (TPSA) is 12.9 Å². The van der Waals surface area contributed by atoms with Crippen molar-refractivity contribution in [2.24, 2.45) is 0 Å². The van der Waals surface area contributed by atoms with Gasteiger partial charge < -0.3 is 0 Å². The molecule has 0 unspecified atom stereocenters. The van der Waals surface area contributed by atoms with Gasteiger partial charge in [-0.15, -0.1) is 0 Å². The van der Waals surface area contributed by atoms with Gasteiger partial charge in [-0.2, -0.15) is 0 Å². The van der Waals surface area contributed by atoms with Crippen LogP contribution in [0.4, 0.5) is 0 Å². The summed E-state index contributed by atoms with van der Waals surface area (Å²) in [7, 11) is 0. The van der Waals surface area contributed by atoms with Crippen LogP contribution in [0.1, 0.15) is 11.4 Å². The Morgan fingerprint density at radius 2 is 2.33 bits per heavy atom. The predicted molar refractivity (Wildman–Crippen MR) is 39.1 cm³/mol. The van der Waals surface area contributed by atoms with E-state index in [0.29, 0.717) is 0 Å². The maximum Gasteiger partial charge on any atom is 0.0626 e. The standard InChI is InChI=1S/C8H9N/c1-3-8-6-4-5-7(2)9-8/h3-6H,1H2,2H3. The van der Waals surface area contributed by atoms with Crippen LogP contribution in [-0.4, -0.2) is 4.98 Å². The van der Waals surface area contributed by atoms with Crippen LogP contribution in [0.3, 0.4) is 0 Å². The Balaban J connectivity index is 3.07. The highest BCUT2D eigenvalue weighted by Gasteiger charge is 1.84. The van der Waals surface area contributed by atoms with Gasteiger partial charge in [0.2, 0.25) is 0 Å². The van der Waals surface area contributed by atoms with Crippen LogP contribution in [-0.2, 0) is 0 Å². The monoisotopic (exact) mass is 119 g/mol. The summed E-state index contributed by atoms with van der Waals surface area (Å²) in [5.41, 5.74) is 1.97. The Bertz CT molecular complexity index is 216. The van der Waals surface area contributed by atoms with Gasteiger partial charge in [0.1, 0.15) is 0 Å². The van der Waals surface area contributed by atoms with Crippen LogP contribution in [0, 0.1) is 6.92 Å². The Morgan fingerprint density at radius 3 is 2.78 bits per heavy atom. The molecule has 0 aliphatic rings. The molecule has 0 aromatic carbocycles. The molecule has 0 N–H and O–H groups in total. The van der Waals surface area contributed by atoms with Crippen molar-refractivity contribution in [3.8, 4) is 0 Å². The summed E-state index contributed by atoms with van der Waals surface area (Å²) < 4.78 is 0. The lowest BCUT2D eigenvalue weighted by molar-refractivity contribution is 1.18. The number of pyridine rings is 1. The van der Waals surface area contributed by atoms with Crippen LogP contribution in [0.2, 0.25) is 0 Å². The third-order valence-electron chi connectivity index (χ3n) is 1.12. The van der Waals surface area contributed by atoms with E-state index in [2.05, 4.69) is 11.6 Å². The largest absolute Gasteiger partial charge is 0.254 e. The molecule has 0 bridgehead atoms. The van der Waals surface area contributed by atoms with E-state index in [-0.39, 0.29) is 0 Å². The number of aryl methyl sites for hydroxylation is 1. The Labute approximate surface area is 55.1 Å². The van der Waals surface area contributed by atoms with Gasteiger partial charge in [-0.3, -0.25) is 4.98 Å². The number of hydrogen-bond donors (Lipinski definition) is 0. The molecule has 1 heterocycles. The van der Waals surface area contributed by atoms with Gasteiger partial charge in [0.25, 0.3) is 0 Å². The molecule has 1 rings (SSSR count). The molecule has 0 fully saturated rings. The fourth-order valence-corrected chi connectivity index (χ4v) is 0.678. The molecule has 0 atom stereocenters. The first kappa shape index (κ1) is 6.02. The quantitative estimate of drug-likeness (QED) is 0.551. The van der Waals surface area contributed by atoms with Crippen molar-refractivity contribution in [3.63, 3.8) is 0 Å². The van der Waals surface area contributed by atoms with Gasteiger partial charge in [0, 0.05) is 5.69 Å². The van der Waals surface area contributed by atoms with E-state index in [1.165, 1.54) is 0 Å². The normalized spacial score (nSPS) is 9.00. The lowest BCUT2D eigenvalue weighted by Crippen LogP contribution is -1.81. The van der Waals surface area contributed by atoms with E-state index in [9.17, 15) is 0 Å². The SMILES string of the molecule is C=Cc1cccc(C)n1. The highest BCUT2D eigenvalue weighted by molar-refractivity contribution is 5.41. The zero-order chi connectivity index (χ0) is 6.69. The zero-order valence-electron chi connectivity index (χ0n) is 5.46. The lowest BCUT2D eigenvalue weighted by atomic mass is 10.3. The fraction of sp³-hybridized carbons (Fsp3) is 0.125. The molecule has 1 aromatic rings. The molecule has 0 amide bonds. The minimum absolute atomic E-state index is 0.940. The summed E-state index contributed by atoms with van der Waals surface area (Å²) in [4.78, 5) is 4.17. The first-order valence-corrected chi connectivity index (χ1v) is 2.89. The smallest absolute Gasteiger partial charge is 0.0626 e. The molecule has 0 saturated heterocycles. The second kappa shape index (κ2) is 2.44. The van der Waals surface area contributed by atoms with Gasteiger partial charge >= 0.3 is 0 Å². The highest BCUT2D eigenvalue weighted by Crippen LogP contribution is 1.97. The molecule has 0 aliphatic carbocycles. The van der Waals surface area contributed by atoms with E-state index in [4.69, 9.17) is 0 Å². The number of aromatic nitrogens is 1. The van der Waals surface area contributed by atoms with Gasteiger partial charge in [0.15, 0.2) is 0 Å². The maximum absolute atomic E-state index is 4.17. The Morgan fingerprint density at radius 1 is 1.56 bits per heavy atom. The number of nitrogens with zero attached hydrogens (tertiary/aromatic N) is 1. The first-order valence-electron chi connectivity index (χ1n) is 2.89. The minimum Gasteiger partial charge on any atom is -0.254 e. The molecule has 0 radical (unpaired) electrons. The lowest BCUT2D eigenvalue weighted by Gasteiger charge is -1.91. The van der Waals surface area contributed by atoms with Crippen LogP contribution in [0.15, 0.2) is 24.8 Å². The highest BCUT2D eigenvalue weighted by atomic mass is 14.7. The molecule has 0 aliphatic heterocycles. The molecule has 1 heteroatoms. The van der Waals surface area contributed by atoms with Gasteiger partial charge in [-0.25, -0.2) is 0 Å². The van der Waals surface area contributed by atoms with Gasteiger partial charge in [-0.1, -0.05) is 12.6 Å². The predicted octanol–water partition coefficient (Wildman–Crippen LogP) is 2.03. The summed E-state index contributed by atoms with van der Waals surface area (Å²) in [6.45, 7) is 5.57. The number of hydrogen-bond acceptors (Lipinski definition) is 1. The molecule has 9 heavy (non-hydrogen) atoms. The summed E-state index contributed by atoms with van der Waals surface area (Å²) in [6.07, 6.45) is 1.74. The van der Waals surface area contributed by atoms with Crippen molar-refractivity contribution in [1.82, 2.24) is 4.98 Å². The minimum atomic E-state index is 0.940. The summed E-state index contributed by atoms with van der Waals surface area (Å²) in [6, 6.07) is 5.87. The van der Waals surface area contributed by atoms with Crippen molar-refractivity contribution in [2.75, 3.05) is 0 Å². The van der Waals surface area contributed by atoms with Gasteiger partial charge in [-0.05, 0) is 25.1 Å². The summed E-state index contributed by atoms with van der Waals surface area (Å²) in [5, 5.41) is 0. The van der Waals surface area contributed by atoms with Crippen LogP contribution in [0.25, 0.3) is 6.08 Å². The molecule has 1 nitrogen and oxygen atoms in total. The molecule has 1 aromatic heterocycles. The molecule has 46 valence electrons. The molecule has 0 spiro atoms. The van der Waals surface area contributed by atoms with Crippen molar-refractivity contribution in [3.05, 3.63) is 36.2 Å². The van der Waals surface area contributed by atoms with Crippen molar-refractivity contribution in [1.29, 1.82) is 0 Å². The van der Waals surface area contributed by atoms with Crippen molar-refractivity contribution < 1.29 is 0 Å². The first-order chi connectivity index (χ1) is 4.33. The maximum atomic E-state index is 4.17. The van der Waals surface area contributed by atoms with Gasteiger partial charge in [0.05, 0.1) is 5.69 Å². The molecular formula is C8H9N. The average molecular weight is 119 g/mol. The molecular weight excluding hydrogens is 110 g/mol. The summed E-state index contributed by atoms with van der Waals surface area (Å²) >= 11 is 0. The number of rotatable bonds is 1. The fourth-order valence-electron chi connectivity index (χ4n) is 0.678. The van der Waals surface area contributed by atoms with Crippen molar-refractivity contribution >= 4 is 6.08 Å². The van der Waals surface area contributed by atoms with E-state index in [1.807, 2.05) is 25.1 Å². The third kappa shape index (κ3) is 1.39.